The molecule has 1 aliphatic rings. The zero-order chi connectivity index (χ0) is 19.5. The van der Waals surface area contributed by atoms with Crippen LogP contribution < -0.4 is 0 Å². The van der Waals surface area contributed by atoms with E-state index in [4.69, 9.17) is 0 Å². The quantitative estimate of drug-likeness (QED) is 0.604. The highest BCUT2D eigenvalue weighted by molar-refractivity contribution is 5.57. The number of rotatable bonds is 6. The molecule has 0 bridgehead atoms. The van der Waals surface area contributed by atoms with Crippen molar-refractivity contribution in [2.75, 3.05) is 0 Å². The monoisotopic (exact) mass is 362 g/mol. The fourth-order valence-corrected chi connectivity index (χ4v) is 4.74. The average molecular weight is 363 g/mol. The Hall–Kier alpha value is -1.86. The van der Waals surface area contributed by atoms with E-state index in [1.165, 1.54) is 27.8 Å². The third-order valence-corrected chi connectivity index (χ3v) is 6.64. The third kappa shape index (κ3) is 4.04. The van der Waals surface area contributed by atoms with Gasteiger partial charge in [-0.25, -0.2) is 0 Å². The molecule has 2 aromatic carbocycles. The van der Waals surface area contributed by atoms with Crippen molar-refractivity contribution in [3.8, 4) is 0 Å². The normalized spacial score (nSPS) is 16.9. The van der Waals surface area contributed by atoms with Gasteiger partial charge in [-0.05, 0) is 61.8 Å². The molecule has 27 heavy (non-hydrogen) atoms. The Morgan fingerprint density at radius 3 is 2.22 bits per heavy atom. The summed E-state index contributed by atoms with van der Waals surface area (Å²) in [7, 11) is 0. The van der Waals surface area contributed by atoms with Gasteiger partial charge in [-0.3, -0.25) is 0 Å². The summed E-state index contributed by atoms with van der Waals surface area (Å²) in [5.74, 6) is 0. The first-order valence-electron chi connectivity index (χ1n) is 10.5. The molecule has 2 aromatic rings. The lowest BCUT2D eigenvalue weighted by Gasteiger charge is -2.34. The van der Waals surface area contributed by atoms with E-state index in [2.05, 4.69) is 76.2 Å². The van der Waals surface area contributed by atoms with Gasteiger partial charge in [0.15, 0.2) is 0 Å². The molecule has 0 unspecified atom stereocenters. The zero-order valence-corrected chi connectivity index (χ0v) is 17.4. The minimum absolute atomic E-state index is 0.0582. The highest BCUT2D eigenvalue weighted by Crippen LogP contribution is 2.40. The van der Waals surface area contributed by atoms with Crippen molar-refractivity contribution < 1.29 is 5.11 Å². The van der Waals surface area contributed by atoms with E-state index in [0.717, 1.165) is 38.5 Å². The molecule has 0 aliphatic heterocycles. The zero-order valence-electron chi connectivity index (χ0n) is 17.4. The summed E-state index contributed by atoms with van der Waals surface area (Å²) >= 11 is 0. The number of benzene rings is 2. The summed E-state index contributed by atoms with van der Waals surface area (Å²) in [6, 6.07) is 15.8. The number of hydrogen-bond donors (Lipinski definition) is 1. The summed E-state index contributed by atoms with van der Waals surface area (Å²) in [4.78, 5) is 0. The number of aryl methyl sites for hydroxylation is 2. The first-order chi connectivity index (χ1) is 12.9. The lowest BCUT2D eigenvalue weighted by Crippen LogP contribution is -2.26. The van der Waals surface area contributed by atoms with E-state index in [1.54, 1.807) is 0 Å². The highest BCUT2D eigenvalue weighted by Gasteiger charge is 2.31. The van der Waals surface area contributed by atoms with E-state index in [-0.39, 0.29) is 5.41 Å². The molecule has 0 radical (unpaired) electrons. The molecule has 0 spiro atoms. The van der Waals surface area contributed by atoms with E-state index < -0.39 is 5.60 Å². The summed E-state index contributed by atoms with van der Waals surface area (Å²) in [6.45, 7) is 8.95. The lowest BCUT2D eigenvalue weighted by atomic mass is 9.70. The molecule has 1 nitrogen and oxygen atoms in total. The van der Waals surface area contributed by atoms with Gasteiger partial charge in [0.1, 0.15) is 0 Å². The average Bonchev–Trinajstić information content (AvgIpc) is 3.09. The van der Waals surface area contributed by atoms with Gasteiger partial charge in [0.05, 0.1) is 5.60 Å². The standard InChI is InChI=1S/C26H34O/c1-5-26(6-2,23-11-9-10-20(3)18-23)24-13-12-22(21(4)19-24)14-17-25(27)15-7-8-16-25/h9-14,17-19,27H,5-8,15-16H2,1-4H3. The third-order valence-electron chi connectivity index (χ3n) is 6.64. The Morgan fingerprint density at radius 1 is 0.963 bits per heavy atom. The van der Waals surface area contributed by atoms with Crippen LogP contribution >= 0.6 is 0 Å². The summed E-state index contributed by atoms with van der Waals surface area (Å²) in [5.41, 5.74) is 6.09. The molecule has 0 aromatic heterocycles. The van der Waals surface area contributed by atoms with Crippen molar-refractivity contribution in [1.29, 1.82) is 0 Å². The minimum atomic E-state index is -0.594. The Morgan fingerprint density at radius 2 is 1.63 bits per heavy atom. The van der Waals surface area contributed by atoms with Crippen LogP contribution in [0.5, 0.6) is 0 Å². The fourth-order valence-electron chi connectivity index (χ4n) is 4.74. The second-order valence-corrected chi connectivity index (χ2v) is 8.37. The molecule has 0 heterocycles. The Labute approximate surface area is 165 Å². The van der Waals surface area contributed by atoms with E-state index in [0.29, 0.717) is 0 Å². The van der Waals surface area contributed by atoms with Gasteiger partial charge in [-0.2, -0.15) is 0 Å². The van der Waals surface area contributed by atoms with Crippen LogP contribution in [0.15, 0.2) is 48.5 Å². The van der Waals surface area contributed by atoms with Crippen molar-refractivity contribution in [2.45, 2.75) is 77.2 Å². The minimum Gasteiger partial charge on any atom is -0.386 e. The van der Waals surface area contributed by atoms with Crippen molar-refractivity contribution >= 4 is 6.08 Å². The van der Waals surface area contributed by atoms with Crippen LogP contribution in [-0.4, -0.2) is 10.7 Å². The smallest absolute Gasteiger partial charge is 0.0830 e. The molecule has 1 aliphatic carbocycles. The van der Waals surface area contributed by atoms with E-state index >= 15 is 0 Å². The van der Waals surface area contributed by atoms with Crippen LogP contribution in [0, 0.1) is 13.8 Å². The largest absolute Gasteiger partial charge is 0.386 e. The maximum absolute atomic E-state index is 10.6. The molecule has 1 saturated carbocycles. The topological polar surface area (TPSA) is 20.2 Å². The van der Waals surface area contributed by atoms with Crippen LogP contribution in [0.25, 0.3) is 6.08 Å². The molecule has 144 valence electrons. The molecular formula is C26H34O. The SMILES string of the molecule is CCC(CC)(c1cccc(C)c1)c1ccc(C=CC2(O)CCCC2)c(C)c1. The molecule has 0 amide bonds. The maximum atomic E-state index is 10.6. The molecule has 0 atom stereocenters. The van der Waals surface area contributed by atoms with Crippen LogP contribution in [0.3, 0.4) is 0 Å². The molecule has 1 fully saturated rings. The first kappa shape index (κ1) is 19.9. The van der Waals surface area contributed by atoms with Crippen molar-refractivity contribution in [2.24, 2.45) is 0 Å². The summed E-state index contributed by atoms with van der Waals surface area (Å²) in [5, 5.41) is 10.6. The van der Waals surface area contributed by atoms with Crippen molar-refractivity contribution in [1.82, 2.24) is 0 Å². The van der Waals surface area contributed by atoms with Gasteiger partial charge in [0, 0.05) is 5.41 Å². The van der Waals surface area contributed by atoms with E-state index in [1.807, 2.05) is 6.08 Å². The molecule has 3 rings (SSSR count). The summed E-state index contributed by atoms with van der Waals surface area (Å²) in [6.07, 6.45) is 10.4. The second-order valence-electron chi connectivity index (χ2n) is 8.37. The van der Waals surface area contributed by atoms with Gasteiger partial charge in [0.2, 0.25) is 0 Å². The molecule has 1 N–H and O–H groups in total. The lowest BCUT2D eigenvalue weighted by molar-refractivity contribution is 0.100. The number of hydrogen-bond acceptors (Lipinski definition) is 1. The summed E-state index contributed by atoms with van der Waals surface area (Å²) < 4.78 is 0. The van der Waals surface area contributed by atoms with E-state index in [9.17, 15) is 5.11 Å². The maximum Gasteiger partial charge on any atom is 0.0830 e. The van der Waals surface area contributed by atoms with Gasteiger partial charge in [-0.1, -0.05) is 86.9 Å². The number of aliphatic hydroxyl groups is 1. The van der Waals surface area contributed by atoms with Gasteiger partial charge < -0.3 is 5.11 Å². The first-order valence-corrected chi connectivity index (χ1v) is 10.5. The highest BCUT2D eigenvalue weighted by atomic mass is 16.3. The van der Waals surface area contributed by atoms with Crippen LogP contribution in [0.2, 0.25) is 0 Å². The van der Waals surface area contributed by atoms with Crippen LogP contribution in [0.4, 0.5) is 0 Å². The van der Waals surface area contributed by atoms with Crippen molar-refractivity contribution in [3.05, 3.63) is 76.4 Å². The predicted octanol–water partition coefficient (Wildman–Crippen LogP) is 6.73. The molecule has 1 heteroatoms. The van der Waals surface area contributed by atoms with Gasteiger partial charge in [0.25, 0.3) is 0 Å². The Balaban J connectivity index is 1.96. The van der Waals surface area contributed by atoms with Crippen LogP contribution in [-0.2, 0) is 5.41 Å². The van der Waals surface area contributed by atoms with Gasteiger partial charge >= 0.3 is 0 Å². The van der Waals surface area contributed by atoms with Gasteiger partial charge in [-0.15, -0.1) is 0 Å². The van der Waals surface area contributed by atoms with Crippen molar-refractivity contribution in [3.63, 3.8) is 0 Å². The molecule has 0 saturated heterocycles. The molecular weight excluding hydrogens is 328 g/mol. The Kier molecular flexibility index (Phi) is 5.91. The predicted molar refractivity (Wildman–Crippen MR) is 116 cm³/mol. The van der Waals surface area contributed by atoms with Crippen LogP contribution in [0.1, 0.15) is 80.2 Å². The Bertz CT molecular complexity index is 805. The fraction of sp³-hybridized carbons (Fsp3) is 0.462. The second kappa shape index (κ2) is 8.02.